The predicted octanol–water partition coefficient (Wildman–Crippen LogP) is 2.02. The molecule has 0 amide bonds. The maximum Gasteiger partial charge on any atom is 0.0951 e. The van der Waals surface area contributed by atoms with Gasteiger partial charge in [0, 0.05) is 32.2 Å². The van der Waals surface area contributed by atoms with Gasteiger partial charge in [-0.05, 0) is 37.8 Å². The van der Waals surface area contributed by atoms with Crippen molar-refractivity contribution in [2.24, 2.45) is 11.1 Å². The van der Waals surface area contributed by atoms with Gasteiger partial charge in [0.1, 0.15) is 0 Å². The summed E-state index contributed by atoms with van der Waals surface area (Å²) in [5, 5.41) is 0. The van der Waals surface area contributed by atoms with Gasteiger partial charge in [0.15, 0.2) is 0 Å². The van der Waals surface area contributed by atoms with Crippen LogP contribution in [0.4, 0.5) is 0 Å². The van der Waals surface area contributed by atoms with Gasteiger partial charge in [-0.3, -0.25) is 4.90 Å². The van der Waals surface area contributed by atoms with Crippen LogP contribution in [-0.2, 0) is 9.47 Å². The summed E-state index contributed by atoms with van der Waals surface area (Å²) in [5.41, 5.74) is 6.11. The summed E-state index contributed by atoms with van der Waals surface area (Å²) in [4.78, 5) is 2.65. The van der Waals surface area contributed by atoms with Crippen LogP contribution in [0, 0.1) is 5.41 Å². The molecule has 1 spiro atoms. The highest BCUT2D eigenvalue weighted by atomic mass is 16.6. The monoisotopic (exact) mass is 284 g/mol. The third-order valence-electron chi connectivity index (χ3n) is 4.75. The molecule has 20 heavy (non-hydrogen) atoms. The normalized spacial score (nSPS) is 31.4. The van der Waals surface area contributed by atoms with Crippen LogP contribution in [0.15, 0.2) is 0 Å². The van der Waals surface area contributed by atoms with Gasteiger partial charge in [0.2, 0.25) is 0 Å². The van der Waals surface area contributed by atoms with E-state index in [2.05, 4.69) is 25.7 Å². The summed E-state index contributed by atoms with van der Waals surface area (Å²) in [5.74, 6) is 0. The summed E-state index contributed by atoms with van der Waals surface area (Å²) >= 11 is 0. The summed E-state index contributed by atoms with van der Waals surface area (Å²) in [6.45, 7) is 12.3. The first-order valence-corrected chi connectivity index (χ1v) is 8.16. The van der Waals surface area contributed by atoms with Crippen LogP contribution in [0.2, 0.25) is 0 Å². The first-order chi connectivity index (χ1) is 9.50. The Labute approximate surface area is 124 Å². The number of ether oxygens (including phenoxy) is 2. The minimum atomic E-state index is 0.00175. The second-order valence-electron chi connectivity index (χ2n) is 7.32. The Bertz CT molecular complexity index is 301. The lowest BCUT2D eigenvalue weighted by atomic mass is 9.86. The lowest BCUT2D eigenvalue weighted by Crippen LogP contribution is -2.52. The molecule has 0 aliphatic carbocycles. The minimum absolute atomic E-state index is 0.00175. The van der Waals surface area contributed by atoms with Gasteiger partial charge in [-0.1, -0.05) is 20.8 Å². The van der Waals surface area contributed by atoms with Crippen LogP contribution in [0.1, 0.15) is 46.5 Å². The van der Waals surface area contributed by atoms with Gasteiger partial charge < -0.3 is 15.2 Å². The molecule has 2 atom stereocenters. The Kier molecular flexibility index (Phi) is 5.46. The van der Waals surface area contributed by atoms with Gasteiger partial charge in [-0.25, -0.2) is 0 Å². The molecule has 2 fully saturated rings. The van der Waals surface area contributed by atoms with Crippen molar-refractivity contribution in [2.75, 3.05) is 39.5 Å². The van der Waals surface area contributed by atoms with Crippen molar-refractivity contribution in [3.63, 3.8) is 0 Å². The molecular weight excluding hydrogens is 252 g/mol. The molecule has 0 aromatic rings. The van der Waals surface area contributed by atoms with E-state index in [0.717, 1.165) is 58.7 Å². The van der Waals surface area contributed by atoms with Gasteiger partial charge >= 0.3 is 0 Å². The number of nitrogens with two attached hydrogens (primary N) is 1. The quantitative estimate of drug-likeness (QED) is 0.810. The van der Waals surface area contributed by atoms with Crippen molar-refractivity contribution in [3.05, 3.63) is 0 Å². The summed E-state index contributed by atoms with van der Waals surface area (Å²) in [6.07, 6.45) is 4.52. The van der Waals surface area contributed by atoms with Gasteiger partial charge in [-0.2, -0.15) is 0 Å². The molecule has 2 heterocycles. The van der Waals surface area contributed by atoms with Crippen LogP contribution in [0.5, 0.6) is 0 Å². The molecule has 2 saturated heterocycles. The Morgan fingerprint density at radius 3 is 2.75 bits per heavy atom. The Hall–Kier alpha value is -0.160. The predicted molar refractivity (Wildman–Crippen MR) is 81.8 cm³/mol. The Morgan fingerprint density at radius 2 is 2.15 bits per heavy atom. The lowest BCUT2D eigenvalue weighted by molar-refractivity contribution is -0.109. The van der Waals surface area contributed by atoms with Crippen LogP contribution >= 0.6 is 0 Å². The average molecular weight is 284 g/mol. The van der Waals surface area contributed by atoms with Crippen LogP contribution in [0.25, 0.3) is 0 Å². The number of hydrogen-bond acceptors (Lipinski definition) is 4. The fraction of sp³-hybridized carbons (Fsp3) is 1.00. The topological polar surface area (TPSA) is 47.7 Å². The fourth-order valence-corrected chi connectivity index (χ4v) is 3.47. The van der Waals surface area contributed by atoms with E-state index in [9.17, 15) is 0 Å². The summed E-state index contributed by atoms with van der Waals surface area (Å²) in [6, 6.07) is 0.622. The molecule has 118 valence electrons. The highest BCUT2D eigenvalue weighted by molar-refractivity contribution is 4.94. The van der Waals surface area contributed by atoms with E-state index in [0.29, 0.717) is 6.04 Å². The molecule has 2 N–H and O–H groups in total. The van der Waals surface area contributed by atoms with E-state index in [1.54, 1.807) is 0 Å². The second-order valence-corrected chi connectivity index (χ2v) is 7.32. The third-order valence-corrected chi connectivity index (χ3v) is 4.75. The van der Waals surface area contributed by atoms with Crippen LogP contribution < -0.4 is 5.73 Å². The van der Waals surface area contributed by atoms with E-state index < -0.39 is 0 Å². The fourth-order valence-electron chi connectivity index (χ4n) is 3.47. The molecule has 0 saturated carbocycles. The van der Waals surface area contributed by atoms with E-state index >= 15 is 0 Å². The molecule has 0 aromatic carbocycles. The molecule has 0 bridgehead atoms. The molecule has 4 nitrogen and oxygen atoms in total. The number of rotatable bonds is 6. The van der Waals surface area contributed by atoms with Gasteiger partial charge in [0.05, 0.1) is 12.2 Å². The zero-order valence-electron chi connectivity index (χ0n) is 13.5. The maximum absolute atomic E-state index is 6.07. The summed E-state index contributed by atoms with van der Waals surface area (Å²) in [7, 11) is 0. The zero-order chi connectivity index (χ0) is 14.6. The highest BCUT2D eigenvalue weighted by Crippen LogP contribution is 2.35. The lowest BCUT2D eigenvalue weighted by Gasteiger charge is -2.44. The minimum Gasteiger partial charge on any atom is -0.378 e. The van der Waals surface area contributed by atoms with Crippen molar-refractivity contribution in [2.45, 2.75) is 58.1 Å². The van der Waals surface area contributed by atoms with Crippen LogP contribution in [-0.4, -0.2) is 56.0 Å². The van der Waals surface area contributed by atoms with Crippen LogP contribution in [0.3, 0.4) is 0 Å². The van der Waals surface area contributed by atoms with Gasteiger partial charge in [0.25, 0.3) is 0 Å². The standard InChI is InChI=1S/C16H32N2O2/c1-4-7-18(12-15(2,3)11-17)14-5-8-20-16(10-14)6-9-19-13-16/h14H,4-13,17H2,1-3H3. The largest absolute Gasteiger partial charge is 0.378 e. The summed E-state index contributed by atoms with van der Waals surface area (Å²) < 4.78 is 11.6. The molecule has 2 unspecified atom stereocenters. The molecule has 0 aromatic heterocycles. The number of nitrogens with zero attached hydrogens (tertiary/aromatic N) is 1. The number of hydrogen-bond donors (Lipinski definition) is 1. The highest BCUT2D eigenvalue weighted by Gasteiger charge is 2.42. The Morgan fingerprint density at radius 1 is 1.35 bits per heavy atom. The first kappa shape index (κ1) is 16.2. The van der Waals surface area contributed by atoms with E-state index in [1.165, 1.54) is 6.42 Å². The van der Waals surface area contributed by atoms with Crippen molar-refractivity contribution in [1.82, 2.24) is 4.90 Å². The van der Waals surface area contributed by atoms with Crippen molar-refractivity contribution >= 4 is 0 Å². The zero-order valence-corrected chi connectivity index (χ0v) is 13.5. The molecule has 2 aliphatic heterocycles. The van der Waals surface area contributed by atoms with Crippen molar-refractivity contribution in [1.29, 1.82) is 0 Å². The van der Waals surface area contributed by atoms with E-state index in [1.807, 2.05) is 0 Å². The smallest absolute Gasteiger partial charge is 0.0951 e. The molecule has 2 rings (SSSR count). The van der Waals surface area contributed by atoms with Gasteiger partial charge in [-0.15, -0.1) is 0 Å². The maximum atomic E-state index is 6.07. The van der Waals surface area contributed by atoms with E-state index in [-0.39, 0.29) is 11.0 Å². The van der Waals surface area contributed by atoms with Crippen molar-refractivity contribution < 1.29 is 9.47 Å². The van der Waals surface area contributed by atoms with E-state index in [4.69, 9.17) is 15.2 Å². The second kappa shape index (κ2) is 6.73. The Balaban J connectivity index is 2.00. The SMILES string of the molecule is CCCN(CC(C)(C)CN)C1CCOC2(CCOC2)C1. The molecule has 4 heteroatoms. The third kappa shape index (κ3) is 3.94. The van der Waals surface area contributed by atoms with Crippen molar-refractivity contribution in [3.8, 4) is 0 Å². The average Bonchev–Trinajstić information content (AvgIpc) is 2.86. The molecule has 2 aliphatic rings. The molecular formula is C16H32N2O2. The molecule has 0 radical (unpaired) electrons. The first-order valence-electron chi connectivity index (χ1n) is 8.16.